The van der Waals surface area contributed by atoms with E-state index >= 15 is 0 Å². The van der Waals surface area contributed by atoms with Crippen LogP contribution in [0.25, 0.3) is 0 Å². The van der Waals surface area contributed by atoms with Crippen molar-refractivity contribution >= 4 is 23.8 Å². The molecule has 4 rings (SSSR count). The van der Waals surface area contributed by atoms with Crippen LogP contribution in [0.15, 0.2) is 47.6 Å². The van der Waals surface area contributed by atoms with E-state index in [1.165, 1.54) is 5.56 Å². The molecular formula is C26H32N4O4. The topological polar surface area (TPSA) is 83.5 Å². The molecule has 1 amide bonds. The van der Waals surface area contributed by atoms with Crippen molar-refractivity contribution in [1.29, 1.82) is 0 Å². The molecule has 2 aliphatic rings. The van der Waals surface area contributed by atoms with Crippen LogP contribution < -0.4 is 5.32 Å². The molecule has 2 heterocycles. The van der Waals surface area contributed by atoms with Crippen molar-refractivity contribution in [3.63, 3.8) is 0 Å². The van der Waals surface area contributed by atoms with Gasteiger partial charge in [0.1, 0.15) is 0 Å². The van der Waals surface area contributed by atoms with Crippen molar-refractivity contribution in [2.24, 2.45) is 5.10 Å². The van der Waals surface area contributed by atoms with Crippen molar-refractivity contribution in [2.75, 3.05) is 51.3 Å². The standard InChI is InChI=1S/C26H32N4O4/c1-2-13-34-25(31)19-29-10-9-21-7-8-24(16-23(21)18-29)28-26(32)22-5-3-20(4-6-22)17-27-30-11-14-33-15-12-30/h3-8,16-17H,2,9-15,18-19H2,1H3,(H,28,32)/b27-17+. The summed E-state index contributed by atoms with van der Waals surface area (Å²) in [7, 11) is 0. The van der Waals surface area contributed by atoms with Crippen LogP contribution in [-0.2, 0) is 27.2 Å². The van der Waals surface area contributed by atoms with Crippen molar-refractivity contribution in [2.45, 2.75) is 26.3 Å². The Hall–Kier alpha value is -3.23. The van der Waals surface area contributed by atoms with Crippen LogP contribution in [0.1, 0.15) is 40.4 Å². The number of anilines is 1. The van der Waals surface area contributed by atoms with Crippen molar-refractivity contribution < 1.29 is 19.1 Å². The number of morpholine rings is 1. The zero-order valence-corrected chi connectivity index (χ0v) is 19.7. The number of hydrazone groups is 1. The van der Waals surface area contributed by atoms with E-state index in [-0.39, 0.29) is 18.4 Å². The molecule has 8 nitrogen and oxygen atoms in total. The van der Waals surface area contributed by atoms with Crippen LogP contribution in [0.5, 0.6) is 0 Å². The third-order valence-corrected chi connectivity index (χ3v) is 5.91. The minimum Gasteiger partial charge on any atom is -0.465 e. The molecule has 0 atom stereocenters. The third kappa shape index (κ3) is 6.65. The number of ether oxygens (including phenoxy) is 2. The van der Waals surface area contributed by atoms with Gasteiger partial charge >= 0.3 is 5.97 Å². The monoisotopic (exact) mass is 464 g/mol. The van der Waals surface area contributed by atoms with Gasteiger partial charge in [0.25, 0.3) is 5.91 Å². The van der Waals surface area contributed by atoms with Crippen molar-refractivity contribution in [3.05, 3.63) is 64.7 Å². The highest BCUT2D eigenvalue weighted by Gasteiger charge is 2.20. The Labute approximate surface area is 200 Å². The minimum atomic E-state index is -0.187. The molecule has 0 bridgehead atoms. The normalized spacial score (nSPS) is 16.3. The average molecular weight is 465 g/mol. The second-order valence-corrected chi connectivity index (χ2v) is 8.55. The van der Waals surface area contributed by atoms with Crippen LogP contribution in [0.3, 0.4) is 0 Å². The summed E-state index contributed by atoms with van der Waals surface area (Å²) >= 11 is 0. The molecule has 34 heavy (non-hydrogen) atoms. The highest BCUT2D eigenvalue weighted by Crippen LogP contribution is 2.23. The maximum atomic E-state index is 12.8. The molecular weight excluding hydrogens is 432 g/mol. The van der Waals surface area contributed by atoms with Crippen molar-refractivity contribution in [3.8, 4) is 0 Å². The Morgan fingerprint density at radius 1 is 1.09 bits per heavy atom. The predicted octanol–water partition coefficient (Wildman–Crippen LogP) is 2.92. The Kier molecular flexibility index (Phi) is 8.27. The lowest BCUT2D eigenvalue weighted by Gasteiger charge is -2.28. The minimum absolute atomic E-state index is 0.160. The van der Waals surface area contributed by atoms with Gasteiger partial charge in [0.05, 0.1) is 45.7 Å². The Balaban J connectivity index is 1.33. The summed E-state index contributed by atoms with van der Waals surface area (Å²) in [5.74, 6) is -0.347. The van der Waals surface area contributed by atoms with E-state index in [1.54, 1.807) is 18.3 Å². The summed E-state index contributed by atoms with van der Waals surface area (Å²) in [6.07, 6.45) is 3.50. The van der Waals surface area contributed by atoms with E-state index in [1.807, 2.05) is 36.2 Å². The van der Waals surface area contributed by atoms with Gasteiger partial charge in [-0.15, -0.1) is 0 Å². The Morgan fingerprint density at radius 3 is 2.65 bits per heavy atom. The smallest absolute Gasteiger partial charge is 0.320 e. The fourth-order valence-corrected chi connectivity index (χ4v) is 4.01. The maximum Gasteiger partial charge on any atom is 0.320 e. The molecule has 0 aliphatic carbocycles. The van der Waals surface area contributed by atoms with Gasteiger partial charge in [0, 0.05) is 24.3 Å². The fourth-order valence-electron chi connectivity index (χ4n) is 4.01. The second-order valence-electron chi connectivity index (χ2n) is 8.55. The van der Waals surface area contributed by atoms with Gasteiger partial charge in [-0.3, -0.25) is 19.5 Å². The SMILES string of the molecule is CCCOC(=O)CN1CCc2ccc(NC(=O)c3ccc(/C=N/N4CCOCC4)cc3)cc2C1. The molecule has 0 unspecified atom stereocenters. The van der Waals surface area contributed by atoms with Gasteiger partial charge in [0.2, 0.25) is 0 Å². The van der Waals surface area contributed by atoms with Gasteiger partial charge in [-0.2, -0.15) is 5.10 Å². The third-order valence-electron chi connectivity index (χ3n) is 5.91. The lowest BCUT2D eigenvalue weighted by atomic mass is 9.99. The van der Waals surface area contributed by atoms with Gasteiger partial charge in [-0.25, -0.2) is 0 Å². The number of fused-ring (bicyclic) bond motifs is 1. The number of benzene rings is 2. The summed E-state index contributed by atoms with van der Waals surface area (Å²) in [6.45, 7) is 7.19. The zero-order valence-electron chi connectivity index (χ0n) is 19.7. The average Bonchev–Trinajstić information content (AvgIpc) is 2.87. The second kappa shape index (κ2) is 11.8. The first kappa shape index (κ1) is 23.9. The van der Waals surface area contributed by atoms with Crippen LogP contribution in [-0.4, -0.2) is 74.0 Å². The van der Waals surface area contributed by atoms with Gasteiger partial charge < -0.3 is 14.8 Å². The molecule has 1 N–H and O–H groups in total. The van der Waals surface area contributed by atoms with Crippen LogP contribution >= 0.6 is 0 Å². The molecule has 8 heteroatoms. The summed E-state index contributed by atoms with van der Waals surface area (Å²) in [5, 5.41) is 9.44. The highest BCUT2D eigenvalue weighted by molar-refractivity contribution is 6.04. The molecule has 0 saturated carbocycles. The van der Waals surface area contributed by atoms with Crippen molar-refractivity contribution in [1.82, 2.24) is 9.91 Å². The molecule has 1 fully saturated rings. The summed E-state index contributed by atoms with van der Waals surface area (Å²) in [6, 6.07) is 13.4. The predicted molar refractivity (Wildman–Crippen MR) is 131 cm³/mol. The van der Waals surface area contributed by atoms with E-state index in [2.05, 4.69) is 21.4 Å². The summed E-state index contributed by atoms with van der Waals surface area (Å²) in [4.78, 5) is 26.8. The van der Waals surface area contributed by atoms with E-state index in [9.17, 15) is 9.59 Å². The number of nitrogens with zero attached hydrogens (tertiary/aromatic N) is 3. The molecule has 0 aromatic heterocycles. The number of amides is 1. The Bertz CT molecular complexity index is 1020. The number of esters is 1. The molecule has 0 spiro atoms. The molecule has 180 valence electrons. The summed E-state index contributed by atoms with van der Waals surface area (Å²) in [5.41, 5.74) is 4.65. The Morgan fingerprint density at radius 2 is 1.88 bits per heavy atom. The molecule has 2 aromatic rings. The van der Waals surface area contributed by atoms with Crippen LogP contribution in [0.4, 0.5) is 5.69 Å². The van der Waals surface area contributed by atoms with E-state index in [4.69, 9.17) is 9.47 Å². The lowest BCUT2D eigenvalue weighted by Crippen LogP contribution is -2.35. The first-order chi connectivity index (χ1) is 16.6. The molecule has 1 saturated heterocycles. The van der Waals surface area contributed by atoms with E-state index < -0.39 is 0 Å². The quantitative estimate of drug-likeness (QED) is 0.478. The van der Waals surface area contributed by atoms with Gasteiger partial charge in [0.15, 0.2) is 0 Å². The van der Waals surface area contributed by atoms with E-state index in [0.29, 0.717) is 31.9 Å². The van der Waals surface area contributed by atoms with Gasteiger partial charge in [-0.1, -0.05) is 25.1 Å². The van der Waals surface area contributed by atoms with Gasteiger partial charge in [-0.05, 0) is 53.8 Å². The van der Waals surface area contributed by atoms with E-state index in [0.717, 1.165) is 49.3 Å². The number of nitrogens with one attached hydrogen (secondary N) is 1. The maximum absolute atomic E-state index is 12.8. The lowest BCUT2D eigenvalue weighted by molar-refractivity contribution is -0.145. The number of carbonyl (C=O) groups is 2. The fraction of sp³-hybridized carbons (Fsp3) is 0.423. The number of hydrogen-bond donors (Lipinski definition) is 1. The summed E-state index contributed by atoms with van der Waals surface area (Å²) < 4.78 is 10.5. The molecule has 2 aliphatic heterocycles. The number of hydrogen-bond acceptors (Lipinski definition) is 7. The molecule has 2 aromatic carbocycles. The molecule has 0 radical (unpaired) electrons. The first-order valence-electron chi connectivity index (χ1n) is 11.9. The van der Waals surface area contributed by atoms with Crippen LogP contribution in [0, 0.1) is 0 Å². The zero-order chi connectivity index (χ0) is 23.8. The highest BCUT2D eigenvalue weighted by atomic mass is 16.5. The van der Waals surface area contributed by atoms with Crippen LogP contribution in [0.2, 0.25) is 0 Å². The number of rotatable bonds is 8. The largest absolute Gasteiger partial charge is 0.465 e. The number of carbonyl (C=O) groups excluding carboxylic acids is 2. The first-order valence-corrected chi connectivity index (χ1v) is 11.9.